The Balaban J connectivity index is 2.22. The third kappa shape index (κ3) is 3.18. The molecule has 0 fully saturated rings. The van der Waals surface area contributed by atoms with Crippen molar-refractivity contribution in [3.05, 3.63) is 62.2 Å². The van der Waals surface area contributed by atoms with Gasteiger partial charge in [0, 0.05) is 22.0 Å². The minimum absolute atomic E-state index is 0.211. The predicted molar refractivity (Wildman–Crippen MR) is 79.0 cm³/mol. The second kappa shape index (κ2) is 5.95. The fourth-order valence-electron chi connectivity index (χ4n) is 1.72. The summed E-state index contributed by atoms with van der Waals surface area (Å²) in [6, 6.07) is 6.25. The Morgan fingerprint density at radius 1 is 1.39 bits per heavy atom. The molecular formula is C13H11ClFIN2. The van der Waals surface area contributed by atoms with Gasteiger partial charge in [0.15, 0.2) is 0 Å². The van der Waals surface area contributed by atoms with Crippen molar-refractivity contribution >= 4 is 34.2 Å². The van der Waals surface area contributed by atoms with Crippen molar-refractivity contribution in [1.82, 2.24) is 4.98 Å². The van der Waals surface area contributed by atoms with Crippen LogP contribution in [0.3, 0.4) is 0 Å². The van der Waals surface area contributed by atoms with Crippen LogP contribution in [0.2, 0.25) is 5.02 Å². The summed E-state index contributed by atoms with van der Waals surface area (Å²) in [7, 11) is 0. The molecule has 0 aliphatic carbocycles. The fraction of sp³-hybridized carbons (Fsp3) is 0.154. The van der Waals surface area contributed by atoms with Crippen molar-refractivity contribution in [2.45, 2.75) is 12.5 Å². The van der Waals surface area contributed by atoms with Gasteiger partial charge in [0.2, 0.25) is 0 Å². The summed E-state index contributed by atoms with van der Waals surface area (Å²) in [5, 5.41) is 0.602. The molecule has 0 bridgehead atoms. The zero-order valence-corrected chi connectivity index (χ0v) is 12.3. The molecule has 0 spiro atoms. The average Bonchev–Trinajstić information content (AvgIpc) is 2.32. The van der Waals surface area contributed by atoms with Crippen molar-refractivity contribution in [1.29, 1.82) is 0 Å². The lowest BCUT2D eigenvalue weighted by atomic mass is 10.0. The van der Waals surface area contributed by atoms with Crippen LogP contribution in [0.15, 0.2) is 36.7 Å². The lowest BCUT2D eigenvalue weighted by Gasteiger charge is -2.14. The van der Waals surface area contributed by atoms with E-state index in [0.717, 1.165) is 14.7 Å². The van der Waals surface area contributed by atoms with Crippen LogP contribution < -0.4 is 5.73 Å². The first-order chi connectivity index (χ1) is 8.58. The van der Waals surface area contributed by atoms with Crippen LogP contribution in [0.25, 0.3) is 0 Å². The molecule has 2 nitrogen and oxygen atoms in total. The molecule has 2 rings (SSSR count). The maximum absolute atomic E-state index is 13.0. The lowest BCUT2D eigenvalue weighted by Crippen LogP contribution is -2.15. The van der Waals surface area contributed by atoms with Gasteiger partial charge in [-0.05, 0) is 58.3 Å². The molecule has 0 aliphatic heterocycles. The van der Waals surface area contributed by atoms with Crippen LogP contribution in [0.1, 0.15) is 17.2 Å². The Labute approximate surface area is 124 Å². The Morgan fingerprint density at radius 2 is 2.17 bits per heavy atom. The largest absolute Gasteiger partial charge is 0.324 e. The molecule has 2 N–H and O–H groups in total. The molecule has 0 aliphatic rings. The summed E-state index contributed by atoms with van der Waals surface area (Å²) in [5.74, 6) is -0.253. The third-order valence-corrected chi connectivity index (χ3v) is 3.93. The van der Waals surface area contributed by atoms with Gasteiger partial charge in [-0.15, -0.1) is 0 Å². The van der Waals surface area contributed by atoms with Gasteiger partial charge in [0.25, 0.3) is 0 Å². The number of nitrogens with zero attached hydrogens (tertiary/aromatic N) is 1. The van der Waals surface area contributed by atoms with E-state index in [2.05, 4.69) is 27.6 Å². The van der Waals surface area contributed by atoms with Crippen molar-refractivity contribution < 1.29 is 4.39 Å². The molecule has 1 atom stereocenters. The summed E-state index contributed by atoms with van der Waals surface area (Å²) >= 11 is 8.13. The van der Waals surface area contributed by atoms with Crippen molar-refractivity contribution in [3.63, 3.8) is 0 Å². The Kier molecular flexibility index (Phi) is 4.53. The molecule has 0 saturated heterocycles. The molecule has 0 saturated carbocycles. The third-order valence-electron chi connectivity index (χ3n) is 2.66. The second-order valence-electron chi connectivity index (χ2n) is 3.94. The molecule has 2 aromatic rings. The first-order valence-electron chi connectivity index (χ1n) is 5.37. The highest BCUT2D eigenvalue weighted by Crippen LogP contribution is 2.25. The van der Waals surface area contributed by atoms with E-state index in [4.69, 9.17) is 17.3 Å². The quantitative estimate of drug-likeness (QED) is 0.829. The van der Waals surface area contributed by atoms with Crippen molar-refractivity contribution in [3.8, 4) is 0 Å². The zero-order valence-electron chi connectivity index (χ0n) is 9.41. The van der Waals surface area contributed by atoms with E-state index >= 15 is 0 Å². The van der Waals surface area contributed by atoms with Gasteiger partial charge in [-0.1, -0.05) is 17.7 Å². The molecular weight excluding hydrogens is 366 g/mol. The summed E-state index contributed by atoms with van der Waals surface area (Å²) in [4.78, 5) is 3.93. The summed E-state index contributed by atoms with van der Waals surface area (Å²) in [5.41, 5.74) is 8.01. The number of hydrogen-bond acceptors (Lipinski definition) is 2. The maximum Gasteiger partial charge on any atom is 0.124 e. The van der Waals surface area contributed by atoms with E-state index in [9.17, 15) is 4.39 Å². The van der Waals surface area contributed by atoms with E-state index in [1.807, 2.05) is 6.07 Å². The van der Waals surface area contributed by atoms with Crippen LogP contribution in [0.4, 0.5) is 4.39 Å². The fourth-order valence-corrected chi connectivity index (χ4v) is 2.79. The SMILES string of the molecule is NC(Cc1ccncc1Cl)c1ccc(F)cc1I. The van der Waals surface area contributed by atoms with Gasteiger partial charge < -0.3 is 5.73 Å². The van der Waals surface area contributed by atoms with E-state index in [1.165, 1.54) is 12.1 Å². The molecule has 1 unspecified atom stereocenters. The summed E-state index contributed by atoms with van der Waals surface area (Å²) in [6.45, 7) is 0. The summed E-state index contributed by atoms with van der Waals surface area (Å²) < 4.78 is 13.9. The average molecular weight is 377 g/mol. The van der Waals surface area contributed by atoms with E-state index in [1.54, 1.807) is 18.5 Å². The normalized spacial score (nSPS) is 12.4. The number of benzene rings is 1. The standard InChI is InChI=1S/C13H11ClFIN2/c14-11-7-18-4-3-8(11)5-13(17)10-2-1-9(15)6-12(10)16/h1-4,6-7,13H,5,17H2. The first-order valence-corrected chi connectivity index (χ1v) is 6.82. The minimum atomic E-state index is -0.253. The first kappa shape index (κ1) is 13.7. The minimum Gasteiger partial charge on any atom is -0.324 e. The van der Waals surface area contributed by atoms with Crippen molar-refractivity contribution in [2.75, 3.05) is 0 Å². The van der Waals surface area contributed by atoms with E-state index in [-0.39, 0.29) is 11.9 Å². The van der Waals surface area contributed by atoms with E-state index in [0.29, 0.717) is 11.4 Å². The predicted octanol–water partition coefficient (Wildman–Crippen LogP) is 3.72. The maximum atomic E-state index is 13.0. The lowest BCUT2D eigenvalue weighted by molar-refractivity contribution is 0.622. The van der Waals surface area contributed by atoms with E-state index < -0.39 is 0 Å². The van der Waals surface area contributed by atoms with Gasteiger partial charge in [-0.2, -0.15) is 0 Å². The topological polar surface area (TPSA) is 38.9 Å². The second-order valence-corrected chi connectivity index (χ2v) is 5.51. The van der Waals surface area contributed by atoms with Crippen LogP contribution >= 0.6 is 34.2 Å². The molecule has 94 valence electrons. The van der Waals surface area contributed by atoms with Gasteiger partial charge in [0.1, 0.15) is 5.82 Å². The molecule has 0 amide bonds. The van der Waals surface area contributed by atoms with Gasteiger partial charge in [0.05, 0.1) is 5.02 Å². The number of rotatable bonds is 3. The Bertz CT molecular complexity index is 562. The highest BCUT2D eigenvalue weighted by Gasteiger charge is 2.13. The molecule has 0 radical (unpaired) electrons. The molecule has 18 heavy (non-hydrogen) atoms. The summed E-state index contributed by atoms with van der Waals surface area (Å²) in [6.07, 6.45) is 3.88. The Morgan fingerprint density at radius 3 is 2.83 bits per heavy atom. The number of hydrogen-bond donors (Lipinski definition) is 1. The van der Waals surface area contributed by atoms with Crippen LogP contribution in [-0.2, 0) is 6.42 Å². The van der Waals surface area contributed by atoms with Gasteiger partial charge in [-0.25, -0.2) is 4.39 Å². The highest BCUT2D eigenvalue weighted by atomic mass is 127. The number of nitrogens with two attached hydrogens (primary N) is 1. The molecule has 5 heteroatoms. The van der Waals surface area contributed by atoms with Crippen LogP contribution in [-0.4, -0.2) is 4.98 Å². The monoisotopic (exact) mass is 376 g/mol. The van der Waals surface area contributed by atoms with Crippen molar-refractivity contribution in [2.24, 2.45) is 5.73 Å². The van der Waals surface area contributed by atoms with Gasteiger partial charge >= 0.3 is 0 Å². The van der Waals surface area contributed by atoms with Crippen LogP contribution in [0.5, 0.6) is 0 Å². The molecule has 1 heterocycles. The number of halogens is 3. The number of aromatic nitrogens is 1. The smallest absolute Gasteiger partial charge is 0.124 e. The molecule has 1 aromatic heterocycles. The molecule has 1 aromatic carbocycles. The van der Waals surface area contributed by atoms with Crippen LogP contribution in [0, 0.1) is 9.39 Å². The number of pyridine rings is 1. The Hall–Kier alpha value is -0.720. The zero-order chi connectivity index (χ0) is 13.1. The van der Waals surface area contributed by atoms with Gasteiger partial charge in [-0.3, -0.25) is 4.98 Å². The highest BCUT2D eigenvalue weighted by molar-refractivity contribution is 14.1.